The summed E-state index contributed by atoms with van der Waals surface area (Å²) in [5, 5.41) is 3.66. The van der Waals surface area contributed by atoms with Crippen LogP contribution in [0.4, 0.5) is 0 Å². The molecule has 0 radical (unpaired) electrons. The number of nitrogens with two attached hydrogens (primary N) is 1. The third-order valence-electron chi connectivity index (χ3n) is 1.36. The van der Waals surface area contributed by atoms with Gasteiger partial charge in [-0.3, -0.25) is 9.48 Å². The third kappa shape index (κ3) is 2.55. The Bertz CT molecular complexity index is 420. The molecule has 0 bridgehead atoms. The quantitative estimate of drug-likeness (QED) is 0.665. The molecule has 7 heteroatoms. The summed E-state index contributed by atoms with van der Waals surface area (Å²) in [7, 11) is -3.25. The van der Waals surface area contributed by atoms with E-state index in [0.29, 0.717) is 0 Å². The molecule has 0 saturated heterocycles. The van der Waals surface area contributed by atoms with Gasteiger partial charge in [-0.15, -0.1) is 0 Å². The fourth-order valence-electron chi connectivity index (χ4n) is 0.782. The second-order valence-electron chi connectivity index (χ2n) is 2.61. The van der Waals surface area contributed by atoms with Gasteiger partial charge in [0.05, 0.1) is 6.20 Å². The van der Waals surface area contributed by atoms with Crippen LogP contribution in [-0.2, 0) is 21.2 Å². The number of sulfone groups is 1. The van der Waals surface area contributed by atoms with Gasteiger partial charge in [0.15, 0.2) is 9.84 Å². The first-order valence-electron chi connectivity index (χ1n) is 3.40. The summed E-state index contributed by atoms with van der Waals surface area (Å²) in [5.74, 6) is -0.567. The molecule has 0 unspecified atom stereocenters. The van der Waals surface area contributed by atoms with Crippen LogP contribution < -0.4 is 5.73 Å². The molecule has 1 amide bonds. The van der Waals surface area contributed by atoms with Gasteiger partial charge in [-0.1, -0.05) is 0 Å². The van der Waals surface area contributed by atoms with E-state index < -0.39 is 15.7 Å². The molecule has 1 rings (SSSR count). The Balaban J connectivity index is 2.94. The van der Waals surface area contributed by atoms with E-state index in [0.717, 1.165) is 6.26 Å². The van der Waals surface area contributed by atoms with E-state index >= 15 is 0 Å². The van der Waals surface area contributed by atoms with Gasteiger partial charge in [0.2, 0.25) is 5.91 Å². The van der Waals surface area contributed by atoms with E-state index in [1.165, 1.54) is 17.1 Å². The van der Waals surface area contributed by atoms with E-state index in [2.05, 4.69) is 5.10 Å². The van der Waals surface area contributed by atoms with Crippen molar-refractivity contribution in [1.82, 2.24) is 9.78 Å². The lowest BCUT2D eigenvalue weighted by Gasteiger charge is -1.93. The second-order valence-corrected chi connectivity index (χ2v) is 4.63. The van der Waals surface area contributed by atoms with Crippen LogP contribution in [0.1, 0.15) is 0 Å². The molecule has 72 valence electrons. The minimum Gasteiger partial charge on any atom is -0.368 e. The first kappa shape index (κ1) is 9.72. The predicted molar refractivity (Wildman–Crippen MR) is 44.5 cm³/mol. The van der Waals surface area contributed by atoms with Gasteiger partial charge in [-0.25, -0.2) is 8.42 Å². The molecular formula is C6H9N3O3S. The zero-order valence-corrected chi connectivity index (χ0v) is 7.78. The Kier molecular flexibility index (Phi) is 2.37. The lowest BCUT2D eigenvalue weighted by molar-refractivity contribution is -0.118. The van der Waals surface area contributed by atoms with Crippen molar-refractivity contribution in [3.05, 3.63) is 12.4 Å². The predicted octanol–water partition coefficient (Wildman–Crippen LogP) is -1.23. The van der Waals surface area contributed by atoms with Crippen molar-refractivity contribution >= 4 is 15.7 Å². The maximum absolute atomic E-state index is 11.0. The number of hydrogen-bond donors (Lipinski definition) is 1. The molecule has 1 aromatic heterocycles. The van der Waals surface area contributed by atoms with E-state index in [1.807, 2.05) is 0 Å². The zero-order valence-electron chi connectivity index (χ0n) is 6.97. The molecule has 6 nitrogen and oxygen atoms in total. The van der Waals surface area contributed by atoms with Crippen molar-refractivity contribution in [2.24, 2.45) is 5.73 Å². The normalized spacial score (nSPS) is 11.5. The van der Waals surface area contributed by atoms with Crippen molar-refractivity contribution in [3.63, 3.8) is 0 Å². The topological polar surface area (TPSA) is 95.1 Å². The van der Waals surface area contributed by atoms with Gasteiger partial charge < -0.3 is 5.73 Å². The van der Waals surface area contributed by atoms with E-state index in [4.69, 9.17) is 5.73 Å². The molecule has 0 spiro atoms. The molecular weight excluding hydrogens is 194 g/mol. The van der Waals surface area contributed by atoms with Gasteiger partial charge in [0.25, 0.3) is 0 Å². The Morgan fingerprint density at radius 2 is 2.31 bits per heavy atom. The molecule has 0 aromatic carbocycles. The molecule has 1 heterocycles. The van der Waals surface area contributed by atoms with Gasteiger partial charge in [0, 0.05) is 12.5 Å². The van der Waals surface area contributed by atoms with Crippen molar-refractivity contribution in [2.75, 3.05) is 6.26 Å². The Hall–Kier alpha value is -1.37. The molecule has 2 N–H and O–H groups in total. The highest BCUT2D eigenvalue weighted by molar-refractivity contribution is 7.90. The maximum Gasteiger partial charge on any atom is 0.239 e. The van der Waals surface area contributed by atoms with E-state index in [-0.39, 0.29) is 11.4 Å². The first-order chi connectivity index (χ1) is 5.89. The van der Waals surface area contributed by atoms with Gasteiger partial charge in [-0.05, 0) is 0 Å². The third-order valence-corrected chi connectivity index (χ3v) is 2.42. The number of carbonyl (C=O) groups is 1. The number of rotatable bonds is 3. The summed E-state index contributed by atoms with van der Waals surface area (Å²) in [5.41, 5.74) is 4.89. The fraction of sp³-hybridized carbons (Fsp3) is 0.333. The summed E-state index contributed by atoms with van der Waals surface area (Å²) in [4.78, 5) is 10.5. The number of amides is 1. The van der Waals surface area contributed by atoms with Crippen LogP contribution in [0.2, 0.25) is 0 Å². The number of primary amides is 1. The standard InChI is InChI=1S/C6H9N3O3S/c1-13(11,12)5-2-8-9(3-5)4-6(7)10/h2-3H,4H2,1H3,(H2,7,10). The second kappa shape index (κ2) is 3.17. The lowest BCUT2D eigenvalue weighted by Crippen LogP contribution is -2.18. The summed E-state index contributed by atoms with van der Waals surface area (Å²) >= 11 is 0. The van der Waals surface area contributed by atoms with Crippen LogP contribution in [0.25, 0.3) is 0 Å². The smallest absolute Gasteiger partial charge is 0.239 e. The number of aromatic nitrogens is 2. The van der Waals surface area contributed by atoms with E-state index in [9.17, 15) is 13.2 Å². The van der Waals surface area contributed by atoms with Crippen molar-refractivity contribution < 1.29 is 13.2 Å². The highest BCUT2D eigenvalue weighted by atomic mass is 32.2. The molecule has 0 aliphatic carbocycles. The number of carbonyl (C=O) groups excluding carboxylic acids is 1. The van der Waals surface area contributed by atoms with Gasteiger partial charge in [-0.2, -0.15) is 5.10 Å². The van der Waals surface area contributed by atoms with Crippen molar-refractivity contribution in [2.45, 2.75) is 11.4 Å². The Morgan fingerprint density at radius 1 is 1.69 bits per heavy atom. The molecule has 0 atom stereocenters. The van der Waals surface area contributed by atoms with E-state index in [1.54, 1.807) is 0 Å². The molecule has 0 aliphatic heterocycles. The van der Waals surface area contributed by atoms with Crippen LogP contribution >= 0.6 is 0 Å². The maximum atomic E-state index is 11.0. The average molecular weight is 203 g/mol. The minimum absolute atomic E-state index is 0.0775. The van der Waals surface area contributed by atoms with Crippen LogP contribution in [0.15, 0.2) is 17.3 Å². The molecule has 1 aromatic rings. The molecule has 0 aliphatic rings. The summed E-state index contributed by atoms with van der Waals surface area (Å²) in [6.07, 6.45) is 3.51. The zero-order chi connectivity index (χ0) is 10.1. The molecule has 0 saturated carbocycles. The monoisotopic (exact) mass is 203 g/mol. The average Bonchev–Trinajstić information content (AvgIpc) is 2.32. The minimum atomic E-state index is -3.25. The van der Waals surface area contributed by atoms with Crippen molar-refractivity contribution in [3.8, 4) is 0 Å². The first-order valence-corrected chi connectivity index (χ1v) is 5.29. The largest absolute Gasteiger partial charge is 0.368 e. The SMILES string of the molecule is CS(=O)(=O)c1cnn(CC(N)=O)c1. The summed E-state index contributed by atoms with van der Waals surface area (Å²) in [6.45, 7) is -0.116. The van der Waals surface area contributed by atoms with Gasteiger partial charge in [0.1, 0.15) is 11.4 Å². The summed E-state index contributed by atoms with van der Waals surface area (Å²) < 4.78 is 23.1. The number of hydrogen-bond acceptors (Lipinski definition) is 4. The highest BCUT2D eigenvalue weighted by Gasteiger charge is 2.10. The van der Waals surface area contributed by atoms with Crippen molar-refractivity contribution in [1.29, 1.82) is 0 Å². The Labute approximate surface area is 75.3 Å². The molecule has 0 fully saturated rings. The molecule has 13 heavy (non-hydrogen) atoms. The van der Waals surface area contributed by atoms with Gasteiger partial charge >= 0.3 is 0 Å². The van der Waals surface area contributed by atoms with Crippen LogP contribution in [-0.4, -0.2) is 30.4 Å². The fourth-order valence-corrected chi connectivity index (χ4v) is 1.33. The lowest BCUT2D eigenvalue weighted by atomic mass is 10.6. The highest BCUT2D eigenvalue weighted by Crippen LogP contribution is 2.05. The van der Waals surface area contributed by atoms with Crippen LogP contribution in [0.3, 0.4) is 0 Å². The Morgan fingerprint density at radius 3 is 2.69 bits per heavy atom. The summed E-state index contributed by atoms with van der Waals surface area (Å²) in [6, 6.07) is 0. The van der Waals surface area contributed by atoms with Crippen LogP contribution in [0.5, 0.6) is 0 Å². The van der Waals surface area contributed by atoms with Crippen LogP contribution in [0, 0.1) is 0 Å². The number of nitrogens with zero attached hydrogens (tertiary/aromatic N) is 2.